The van der Waals surface area contributed by atoms with Gasteiger partial charge in [-0.25, -0.2) is 4.98 Å². The molecule has 2 aromatic heterocycles. The zero-order chi connectivity index (χ0) is 13.3. The molecule has 92 valence electrons. The summed E-state index contributed by atoms with van der Waals surface area (Å²) in [6.07, 6.45) is 0. The van der Waals surface area contributed by atoms with Crippen LogP contribution >= 0.6 is 34.5 Å². The number of carbonyl (C=O) groups excluding carboxylic acids is 1. The highest BCUT2D eigenvalue weighted by Gasteiger charge is 2.26. The third-order valence-corrected chi connectivity index (χ3v) is 3.99. The normalized spacial score (nSPS) is 12.1. The lowest BCUT2D eigenvalue weighted by molar-refractivity contribution is 0.0974. The van der Waals surface area contributed by atoms with Gasteiger partial charge in [-0.3, -0.25) is 4.79 Å². The summed E-state index contributed by atoms with van der Waals surface area (Å²) in [6.45, 7) is 1.81. The maximum Gasteiger partial charge on any atom is 0.203 e. The zero-order valence-corrected chi connectivity index (χ0v) is 11.5. The standard InChI is InChI=1S/C11H7Cl2N3OS/c1-5-4-18-11(15-5)6(3-14)9(17)8-2-7(12)10(13)16-8/h2,4,6,16H,1H3. The number of aryl methyl sites for hydroxylation is 1. The highest BCUT2D eigenvalue weighted by molar-refractivity contribution is 7.10. The Kier molecular flexibility index (Phi) is 3.71. The lowest BCUT2D eigenvalue weighted by atomic mass is 10.0. The number of hydrogen-bond donors (Lipinski definition) is 1. The first-order chi connectivity index (χ1) is 8.52. The van der Waals surface area contributed by atoms with Crippen LogP contribution in [0.1, 0.15) is 27.1 Å². The van der Waals surface area contributed by atoms with E-state index in [9.17, 15) is 4.79 Å². The number of nitriles is 1. The Morgan fingerprint density at radius 1 is 1.61 bits per heavy atom. The molecule has 0 fully saturated rings. The SMILES string of the molecule is Cc1csc(C(C#N)C(=O)c2cc(Cl)c(Cl)[nH]2)n1. The van der Waals surface area contributed by atoms with Crippen LogP contribution in [0.25, 0.3) is 0 Å². The van der Waals surface area contributed by atoms with Crippen molar-refractivity contribution in [3.8, 4) is 6.07 Å². The number of ketones is 1. The number of H-pyrrole nitrogens is 1. The molecule has 2 rings (SSSR count). The minimum Gasteiger partial charge on any atom is -0.342 e. The van der Waals surface area contributed by atoms with Crippen LogP contribution in [0.2, 0.25) is 10.2 Å². The Hall–Kier alpha value is -1.35. The summed E-state index contributed by atoms with van der Waals surface area (Å²) in [5.41, 5.74) is 0.995. The average Bonchev–Trinajstić information content (AvgIpc) is 2.88. The van der Waals surface area contributed by atoms with Crippen LogP contribution in [0.15, 0.2) is 11.4 Å². The second kappa shape index (κ2) is 5.11. The minimum atomic E-state index is -0.936. The van der Waals surface area contributed by atoms with Crippen molar-refractivity contribution >= 4 is 40.3 Å². The number of aromatic amines is 1. The van der Waals surface area contributed by atoms with Crippen LogP contribution in [0.3, 0.4) is 0 Å². The fourth-order valence-electron chi connectivity index (χ4n) is 1.42. The van der Waals surface area contributed by atoms with Crippen molar-refractivity contribution in [1.82, 2.24) is 9.97 Å². The maximum absolute atomic E-state index is 12.1. The van der Waals surface area contributed by atoms with E-state index in [0.29, 0.717) is 5.01 Å². The van der Waals surface area contributed by atoms with Crippen LogP contribution in [0.5, 0.6) is 0 Å². The van der Waals surface area contributed by atoms with Gasteiger partial charge in [-0.2, -0.15) is 5.26 Å². The first kappa shape index (κ1) is 13.1. The van der Waals surface area contributed by atoms with Crippen molar-refractivity contribution in [3.63, 3.8) is 0 Å². The fraction of sp³-hybridized carbons (Fsp3) is 0.182. The molecule has 0 amide bonds. The van der Waals surface area contributed by atoms with Crippen LogP contribution in [0, 0.1) is 18.3 Å². The number of Topliss-reactive ketones (excluding diaryl/α,β-unsaturated/α-hetero) is 1. The van der Waals surface area contributed by atoms with Crippen molar-refractivity contribution in [2.45, 2.75) is 12.8 Å². The van der Waals surface area contributed by atoms with Gasteiger partial charge >= 0.3 is 0 Å². The molecule has 0 radical (unpaired) electrons. The summed E-state index contributed by atoms with van der Waals surface area (Å²) in [7, 11) is 0. The number of nitrogens with one attached hydrogen (secondary N) is 1. The van der Waals surface area contributed by atoms with E-state index >= 15 is 0 Å². The summed E-state index contributed by atoms with van der Waals surface area (Å²) in [4.78, 5) is 18.9. The lowest BCUT2D eigenvalue weighted by Gasteiger charge is -2.02. The quantitative estimate of drug-likeness (QED) is 0.881. The maximum atomic E-state index is 12.1. The Balaban J connectivity index is 2.34. The molecule has 0 aliphatic carbocycles. The van der Waals surface area contributed by atoms with E-state index in [2.05, 4.69) is 9.97 Å². The molecule has 1 N–H and O–H groups in total. The van der Waals surface area contributed by atoms with E-state index in [0.717, 1.165) is 5.69 Å². The molecule has 7 heteroatoms. The van der Waals surface area contributed by atoms with Gasteiger partial charge < -0.3 is 4.98 Å². The summed E-state index contributed by atoms with van der Waals surface area (Å²) in [5, 5.41) is 11.8. The topological polar surface area (TPSA) is 69.5 Å². The van der Waals surface area contributed by atoms with E-state index < -0.39 is 5.92 Å². The fourth-order valence-corrected chi connectivity index (χ4v) is 2.57. The molecule has 2 heterocycles. The van der Waals surface area contributed by atoms with Crippen LogP contribution < -0.4 is 0 Å². The Labute approximate surface area is 117 Å². The summed E-state index contributed by atoms with van der Waals surface area (Å²) in [5.74, 6) is -1.32. The van der Waals surface area contributed by atoms with Crippen molar-refractivity contribution in [1.29, 1.82) is 5.26 Å². The highest BCUT2D eigenvalue weighted by atomic mass is 35.5. The summed E-state index contributed by atoms with van der Waals surface area (Å²) in [6, 6.07) is 3.36. The van der Waals surface area contributed by atoms with Crippen molar-refractivity contribution in [2.24, 2.45) is 0 Å². The number of thiazole rings is 1. The molecule has 0 saturated carbocycles. The molecule has 18 heavy (non-hydrogen) atoms. The molecule has 0 aromatic carbocycles. The molecule has 1 atom stereocenters. The van der Waals surface area contributed by atoms with Gasteiger partial charge in [-0.15, -0.1) is 11.3 Å². The second-order valence-electron chi connectivity index (χ2n) is 3.60. The molecular weight excluding hydrogens is 293 g/mol. The van der Waals surface area contributed by atoms with Gasteiger partial charge in [-0.05, 0) is 13.0 Å². The number of nitrogens with zero attached hydrogens (tertiary/aromatic N) is 2. The zero-order valence-electron chi connectivity index (χ0n) is 9.20. The molecule has 4 nitrogen and oxygen atoms in total. The van der Waals surface area contributed by atoms with Crippen LogP contribution in [0.4, 0.5) is 0 Å². The Bertz CT molecular complexity index is 621. The van der Waals surface area contributed by atoms with Crippen molar-refractivity contribution in [3.05, 3.63) is 38.0 Å². The van der Waals surface area contributed by atoms with E-state index in [-0.39, 0.29) is 21.7 Å². The summed E-state index contributed by atoms with van der Waals surface area (Å²) < 4.78 is 0. The molecule has 1 unspecified atom stereocenters. The minimum absolute atomic E-state index is 0.187. The highest BCUT2D eigenvalue weighted by Crippen LogP contribution is 2.27. The number of rotatable bonds is 3. The molecule has 0 aliphatic heterocycles. The first-order valence-corrected chi connectivity index (χ1v) is 6.56. The van der Waals surface area contributed by atoms with Gasteiger partial charge in [0.05, 0.1) is 16.8 Å². The van der Waals surface area contributed by atoms with Crippen molar-refractivity contribution < 1.29 is 4.79 Å². The van der Waals surface area contributed by atoms with E-state index in [1.54, 1.807) is 12.3 Å². The first-order valence-electron chi connectivity index (χ1n) is 4.92. The molecule has 0 saturated heterocycles. The molecule has 2 aromatic rings. The molecule has 0 aliphatic rings. The van der Waals surface area contributed by atoms with Gasteiger partial charge in [0, 0.05) is 11.1 Å². The largest absolute Gasteiger partial charge is 0.342 e. The van der Waals surface area contributed by atoms with E-state index in [1.165, 1.54) is 17.4 Å². The lowest BCUT2D eigenvalue weighted by Crippen LogP contribution is -2.11. The van der Waals surface area contributed by atoms with Crippen LogP contribution in [-0.4, -0.2) is 15.8 Å². The number of carbonyl (C=O) groups is 1. The smallest absolute Gasteiger partial charge is 0.203 e. The van der Waals surface area contributed by atoms with E-state index in [4.69, 9.17) is 28.5 Å². The van der Waals surface area contributed by atoms with Gasteiger partial charge in [0.1, 0.15) is 10.2 Å². The van der Waals surface area contributed by atoms with Gasteiger partial charge in [0.15, 0.2) is 5.92 Å². The van der Waals surface area contributed by atoms with Crippen LogP contribution in [-0.2, 0) is 0 Å². The monoisotopic (exact) mass is 299 g/mol. The third kappa shape index (κ3) is 2.41. The average molecular weight is 300 g/mol. The molecule has 0 bridgehead atoms. The summed E-state index contributed by atoms with van der Waals surface area (Å²) >= 11 is 12.8. The predicted molar refractivity (Wildman–Crippen MR) is 70.3 cm³/mol. The number of halogens is 2. The molecule has 0 spiro atoms. The predicted octanol–water partition coefficient (Wildman–Crippen LogP) is 3.58. The second-order valence-corrected chi connectivity index (χ2v) is 5.27. The number of aromatic nitrogens is 2. The molecular formula is C11H7Cl2N3OS. The van der Waals surface area contributed by atoms with Gasteiger partial charge in [0.2, 0.25) is 5.78 Å². The van der Waals surface area contributed by atoms with Gasteiger partial charge in [-0.1, -0.05) is 23.2 Å². The Morgan fingerprint density at radius 2 is 2.33 bits per heavy atom. The third-order valence-electron chi connectivity index (χ3n) is 2.27. The van der Waals surface area contributed by atoms with Crippen molar-refractivity contribution in [2.75, 3.05) is 0 Å². The van der Waals surface area contributed by atoms with Gasteiger partial charge in [0.25, 0.3) is 0 Å². The number of hydrogen-bond acceptors (Lipinski definition) is 4. The van der Waals surface area contributed by atoms with E-state index in [1.807, 2.05) is 6.07 Å². The Morgan fingerprint density at radius 3 is 2.78 bits per heavy atom.